The molecule has 0 aliphatic carbocycles. The van der Waals surface area contributed by atoms with Gasteiger partial charge >= 0.3 is 18.1 Å². The van der Waals surface area contributed by atoms with Crippen LogP contribution in [0.1, 0.15) is 40.0 Å². The van der Waals surface area contributed by atoms with Crippen LogP contribution in [-0.2, 0) is 30.5 Å². The van der Waals surface area contributed by atoms with E-state index in [0.717, 1.165) is 41.4 Å². The van der Waals surface area contributed by atoms with Gasteiger partial charge in [0.25, 0.3) is 0 Å². The van der Waals surface area contributed by atoms with Crippen molar-refractivity contribution in [2.24, 2.45) is 0 Å². The highest BCUT2D eigenvalue weighted by atomic mass is 32.2. The van der Waals surface area contributed by atoms with Crippen molar-refractivity contribution >= 4 is 22.0 Å². The molecule has 1 atom stereocenters. The maximum absolute atomic E-state index is 13.6. The molecule has 0 saturated heterocycles. The number of nitrogens with zero attached hydrogens (tertiary/aromatic N) is 2. The number of carbonyl (C=O) groups is 2. The molecule has 0 amide bonds. The Labute approximate surface area is 223 Å². The number of rotatable bonds is 9. The molecule has 1 aromatic heterocycles. The van der Waals surface area contributed by atoms with Crippen molar-refractivity contribution in [2.45, 2.75) is 31.0 Å². The van der Waals surface area contributed by atoms with Crippen molar-refractivity contribution in [3.8, 4) is 11.6 Å². The number of ether oxygens (including phenoxy) is 3. The molecule has 0 fully saturated rings. The molecule has 208 valence electrons. The molecule has 0 aliphatic rings. The summed E-state index contributed by atoms with van der Waals surface area (Å²) in [5.41, 5.74) is -0.361. The molecule has 2 aromatic carbocycles. The van der Waals surface area contributed by atoms with Crippen LogP contribution in [0.3, 0.4) is 0 Å². The Balaban J connectivity index is 2.12. The van der Waals surface area contributed by atoms with Gasteiger partial charge in [-0.1, -0.05) is 17.7 Å². The van der Waals surface area contributed by atoms with Crippen molar-refractivity contribution in [2.75, 3.05) is 20.8 Å². The molecule has 13 heteroatoms. The molecule has 39 heavy (non-hydrogen) atoms. The molecule has 9 nitrogen and oxygen atoms in total. The lowest BCUT2D eigenvalue weighted by Gasteiger charge is -2.29. The number of sulfonamides is 1. The van der Waals surface area contributed by atoms with Crippen molar-refractivity contribution in [1.29, 1.82) is 0 Å². The molecule has 1 unspecified atom stereocenters. The largest absolute Gasteiger partial charge is 0.468 e. The Morgan fingerprint density at radius 3 is 2.21 bits per heavy atom. The predicted molar refractivity (Wildman–Crippen MR) is 133 cm³/mol. The molecule has 0 N–H and O–H groups in total. The number of halogens is 3. The van der Waals surface area contributed by atoms with Crippen molar-refractivity contribution in [1.82, 2.24) is 9.29 Å². The number of carbonyl (C=O) groups excluding carboxylic acids is 2. The topological polar surface area (TPSA) is 112 Å². The van der Waals surface area contributed by atoms with E-state index in [9.17, 15) is 31.2 Å². The second-order valence-corrected chi connectivity index (χ2v) is 10.2. The van der Waals surface area contributed by atoms with Gasteiger partial charge in [0.2, 0.25) is 15.9 Å². The highest BCUT2D eigenvalue weighted by Crippen LogP contribution is 2.39. The maximum Gasteiger partial charge on any atom is 0.416 e. The lowest BCUT2D eigenvalue weighted by atomic mass is 10.0. The number of esters is 2. The van der Waals surface area contributed by atoms with E-state index in [0.29, 0.717) is 0 Å². The van der Waals surface area contributed by atoms with E-state index in [1.807, 2.05) is 0 Å². The Hall–Kier alpha value is -3.97. The van der Waals surface area contributed by atoms with Gasteiger partial charge in [0.05, 0.1) is 36.3 Å². The summed E-state index contributed by atoms with van der Waals surface area (Å²) < 4.78 is 83.8. The van der Waals surface area contributed by atoms with Gasteiger partial charge in [-0.05, 0) is 50.2 Å². The molecule has 0 spiro atoms. The summed E-state index contributed by atoms with van der Waals surface area (Å²) in [5, 5.41) is 0. The van der Waals surface area contributed by atoms with Gasteiger partial charge in [-0.15, -0.1) is 0 Å². The molecule has 3 rings (SSSR count). The summed E-state index contributed by atoms with van der Waals surface area (Å²) in [4.78, 5) is 27.7. The van der Waals surface area contributed by atoms with E-state index in [4.69, 9.17) is 4.74 Å². The Morgan fingerprint density at radius 1 is 1.00 bits per heavy atom. The second-order valence-electron chi connectivity index (χ2n) is 8.34. The van der Waals surface area contributed by atoms with Crippen LogP contribution in [0.25, 0.3) is 0 Å². The number of pyridine rings is 1. The average molecular weight is 567 g/mol. The quantitative estimate of drug-likeness (QED) is 0.336. The number of hydrogen-bond donors (Lipinski definition) is 0. The maximum atomic E-state index is 13.6. The van der Waals surface area contributed by atoms with Crippen molar-refractivity contribution in [3.63, 3.8) is 0 Å². The lowest BCUT2D eigenvalue weighted by Crippen LogP contribution is -2.38. The average Bonchev–Trinajstić information content (AvgIpc) is 2.90. The smallest absolute Gasteiger partial charge is 0.416 e. The number of alkyl halides is 3. The van der Waals surface area contributed by atoms with Crippen LogP contribution in [0.15, 0.2) is 65.7 Å². The minimum Gasteiger partial charge on any atom is -0.468 e. The summed E-state index contributed by atoms with van der Waals surface area (Å²) in [6, 6.07) is 9.62. The van der Waals surface area contributed by atoms with E-state index in [1.165, 1.54) is 38.3 Å². The van der Waals surface area contributed by atoms with Crippen LogP contribution in [0.2, 0.25) is 0 Å². The summed E-state index contributed by atoms with van der Waals surface area (Å²) >= 11 is 0. The molecule has 0 saturated carbocycles. The predicted octanol–water partition coefficient (Wildman–Crippen LogP) is 4.91. The third kappa shape index (κ3) is 6.92. The molecule has 0 radical (unpaired) electrons. The van der Waals surface area contributed by atoms with Gasteiger partial charge in [0.15, 0.2) is 0 Å². The monoisotopic (exact) mass is 566 g/mol. The van der Waals surface area contributed by atoms with Crippen LogP contribution in [0.5, 0.6) is 11.6 Å². The lowest BCUT2D eigenvalue weighted by molar-refractivity contribution is -0.141. The summed E-state index contributed by atoms with van der Waals surface area (Å²) in [7, 11) is -2.15. The van der Waals surface area contributed by atoms with Crippen molar-refractivity contribution in [3.05, 3.63) is 83.0 Å². The fourth-order valence-electron chi connectivity index (χ4n) is 3.56. The van der Waals surface area contributed by atoms with E-state index in [1.54, 1.807) is 19.1 Å². The number of hydrogen-bond acceptors (Lipinski definition) is 8. The normalized spacial score (nSPS) is 12.6. The first kappa shape index (κ1) is 29.6. The highest BCUT2D eigenvalue weighted by Gasteiger charge is 2.36. The number of benzene rings is 2. The first-order valence-corrected chi connectivity index (χ1v) is 12.8. The van der Waals surface area contributed by atoms with Crippen LogP contribution >= 0.6 is 0 Å². The second kappa shape index (κ2) is 11.8. The van der Waals surface area contributed by atoms with Gasteiger partial charge in [-0.3, -0.25) is 4.79 Å². The van der Waals surface area contributed by atoms with Crippen LogP contribution in [0, 0.1) is 6.92 Å². The number of methoxy groups -OCH3 is 2. The fourth-order valence-corrected chi connectivity index (χ4v) is 5.11. The van der Waals surface area contributed by atoms with Crippen LogP contribution in [-0.4, -0.2) is 50.4 Å². The van der Waals surface area contributed by atoms with Crippen LogP contribution < -0.4 is 4.74 Å². The molecular weight excluding hydrogens is 541 g/mol. The third-order valence-electron chi connectivity index (χ3n) is 5.73. The zero-order valence-corrected chi connectivity index (χ0v) is 22.2. The fraction of sp³-hybridized carbons (Fsp3) is 0.269. The van der Waals surface area contributed by atoms with Crippen molar-refractivity contribution < 1.29 is 45.4 Å². The standard InChI is InChI=1S/C26H25F3N2O7S/c1-16-5-9-20(10-6-16)39(34,35)31(15-24(32)36-3)17(2)21-13-19(26(27,28)29)8-11-22(21)38-23-12-7-18(14-30-23)25(33)37-4/h5-14,17H,15H2,1-4H3. The summed E-state index contributed by atoms with van der Waals surface area (Å²) in [6.07, 6.45) is -3.60. The minimum atomic E-state index is -4.75. The number of aromatic nitrogens is 1. The third-order valence-corrected chi connectivity index (χ3v) is 7.66. The zero-order valence-electron chi connectivity index (χ0n) is 21.4. The highest BCUT2D eigenvalue weighted by molar-refractivity contribution is 7.89. The first-order valence-electron chi connectivity index (χ1n) is 11.4. The van der Waals surface area contributed by atoms with Gasteiger partial charge in [-0.2, -0.15) is 17.5 Å². The summed E-state index contributed by atoms with van der Waals surface area (Å²) in [5.74, 6) is -1.82. The Morgan fingerprint density at radius 2 is 1.67 bits per heavy atom. The summed E-state index contributed by atoms with van der Waals surface area (Å²) in [6.45, 7) is 2.30. The van der Waals surface area contributed by atoms with E-state index in [2.05, 4.69) is 14.5 Å². The van der Waals surface area contributed by atoms with E-state index < -0.39 is 46.3 Å². The first-order chi connectivity index (χ1) is 18.3. The Kier molecular flexibility index (Phi) is 8.97. The molecular formula is C26H25F3N2O7S. The van der Waals surface area contributed by atoms with Crippen LogP contribution in [0.4, 0.5) is 13.2 Å². The van der Waals surface area contributed by atoms with Gasteiger partial charge < -0.3 is 14.2 Å². The van der Waals surface area contributed by atoms with Gasteiger partial charge in [-0.25, -0.2) is 18.2 Å². The zero-order chi connectivity index (χ0) is 29.0. The Bertz CT molecular complexity index is 1440. The SMILES string of the molecule is COC(=O)CN(C(C)c1cc(C(F)(F)F)ccc1Oc1ccc(C(=O)OC)cn1)S(=O)(=O)c1ccc(C)cc1. The molecule has 0 bridgehead atoms. The van der Waals surface area contributed by atoms with Gasteiger partial charge in [0, 0.05) is 17.8 Å². The minimum absolute atomic E-state index is 0.0863. The molecule has 1 heterocycles. The van der Waals surface area contributed by atoms with E-state index in [-0.39, 0.29) is 27.7 Å². The number of aryl methyl sites for hydroxylation is 1. The van der Waals surface area contributed by atoms with Gasteiger partial charge in [0.1, 0.15) is 12.3 Å². The molecule has 0 aliphatic heterocycles. The molecule has 3 aromatic rings. The van der Waals surface area contributed by atoms with E-state index >= 15 is 0 Å².